The number of urea groups is 1. The number of hydrogen-bond donors (Lipinski definition) is 2. The van der Waals surface area contributed by atoms with Crippen LogP contribution in [0.5, 0.6) is 11.5 Å². The molecule has 31 heavy (non-hydrogen) atoms. The molecule has 0 fully saturated rings. The largest absolute Gasteiger partial charge is 0.478 e. The Bertz CT molecular complexity index is 986. The average molecular weight is 423 g/mol. The van der Waals surface area contributed by atoms with Crippen molar-refractivity contribution in [2.75, 3.05) is 26.7 Å². The highest BCUT2D eigenvalue weighted by molar-refractivity contribution is 5.94. The molecule has 1 heterocycles. The Morgan fingerprint density at radius 2 is 1.74 bits per heavy atom. The van der Waals surface area contributed by atoms with E-state index in [2.05, 4.69) is 5.32 Å². The molecule has 162 valence electrons. The Kier molecular flexibility index (Phi) is 6.92. The number of hydrogen-bond acceptors (Lipinski definition) is 4. The smallest absolute Gasteiger partial charge is 0.335 e. The number of carbonyl (C=O) groups excluding carboxylic acids is 2. The van der Waals surface area contributed by atoms with Crippen molar-refractivity contribution < 1.29 is 24.2 Å². The Morgan fingerprint density at radius 3 is 2.39 bits per heavy atom. The molecule has 2 N–H and O–H groups in total. The second-order valence-corrected chi connectivity index (χ2v) is 7.28. The van der Waals surface area contributed by atoms with Crippen molar-refractivity contribution in [3.63, 3.8) is 0 Å². The molecule has 0 unspecified atom stereocenters. The van der Waals surface area contributed by atoms with Crippen LogP contribution in [0.15, 0.2) is 65.9 Å². The predicted octanol–water partition coefficient (Wildman–Crippen LogP) is 3.32. The van der Waals surface area contributed by atoms with Crippen LogP contribution in [0.2, 0.25) is 0 Å². The zero-order valence-corrected chi connectivity index (χ0v) is 17.5. The van der Waals surface area contributed by atoms with Crippen LogP contribution in [0, 0.1) is 0 Å². The van der Waals surface area contributed by atoms with Gasteiger partial charge in [0.05, 0.1) is 12.1 Å². The minimum atomic E-state index is -1.05. The van der Waals surface area contributed by atoms with Crippen molar-refractivity contribution in [1.82, 2.24) is 15.1 Å². The summed E-state index contributed by atoms with van der Waals surface area (Å²) in [6.45, 7) is 2.39. The number of aliphatic carboxylic acids is 1. The lowest BCUT2D eigenvalue weighted by molar-refractivity contribution is -0.133. The van der Waals surface area contributed by atoms with Crippen molar-refractivity contribution >= 4 is 17.9 Å². The zero-order chi connectivity index (χ0) is 22.4. The van der Waals surface area contributed by atoms with E-state index in [0.29, 0.717) is 36.5 Å². The second kappa shape index (κ2) is 9.80. The monoisotopic (exact) mass is 423 g/mol. The van der Waals surface area contributed by atoms with Gasteiger partial charge in [0.15, 0.2) is 0 Å². The average Bonchev–Trinajstić information content (AvgIpc) is 2.75. The molecule has 0 saturated heterocycles. The van der Waals surface area contributed by atoms with Gasteiger partial charge >= 0.3 is 12.0 Å². The number of para-hydroxylation sites is 1. The minimum Gasteiger partial charge on any atom is -0.478 e. The lowest BCUT2D eigenvalue weighted by atomic mass is 10.1. The Balaban J connectivity index is 1.50. The zero-order valence-electron chi connectivity index (χ0n) is 17.5. The number of benzene rings is 2. The Morgan fingerprint density at radius 1 is 1.10 bits per heavy atom. The van der Waals surface area contributed by atoms with E-state index in [-0.39, 0.29) is 24.1 Å². The van der Waals surface area contributed by atoms with Crippen molar-refractivity contribution in [1.29, 1.82) is 0 Å². The Hall–Kier alpha value is -3.81. The standard InChI is InChI=1S/C23H25N3O5/c1-16-20(22(28)29)15-26(23(30)24-16)14-6-13-25(2)21(27)17-9-11-19(12-10-17)31-18-7-4-3-5-8-18/h3-5,7-12H,6,13-15H2,1-2H3,(H,24,30)(H,28,29). The molecule has 0 aliphatic carbocycles. The van der Waals surface area contributed by atoms with Crippen LogP contribution in [0.4, 0.5) is 4.79 Å². The van der Waals surface area contributed by atoms with Crippen LogP contribution in [0.25, 0.3) is 0 Å². The third-order valence-electron chi connectivity index (χ3n) is 4.99. The number of amides is 3. The maximum Gasteiger partial charge on any atom is 0.335 e. The predicted molar refractivity (Wildman–Crippen MR) is 115 cm³/mol. The summed E-state index contributed by atoms with van der Waals surface area (Å²) in [5.41, 5.74) is 1.06. The second-order valence-electron chi connectivity index (χ2n) is 7.28. The summed E-state index contributed by atoms with van der Waals surface area (Å²) in [6, 6.07) is 16.0. The third-order valence-corrected chi connectivity index (χ3v) is 4.99. The lowest BCUT2D eigenvalue weighted by Crippen LogP contribution is -2.47. The van der Waals surface area contributed by atoms with E-state index in [4.69, 9.17) is 4.74 Å². The summed E-state index contributed by atoms with van der Waals surface area (Å²) in [5, 5.41) is 11.8. The van der Waals surface area contributed by atoms with E-state index in [9.17, 15) is 19.5 Å². The van der Waals surface area contributed by atoms with E-state index in [0.717, 1.165) is 5.75 Å². The highest BCUT2D eigenvalue weighted by Gasteiger charge is 2.26. The number of nitrogens with one attached hydrogen (secondary N) is 1. The van der Waals surface area contributed by atoms with Gasteiger partial charge in [-0.2, -0.15) is 0 Å². The maximum absolute atomic E-state index is 12.7. The minimum absolute atomic E-state index is 0.0491. The van der Waals surface area contributed by atoms with Gasteiger partial charge in [0.1, 0.15) is 11.5 Å². The number of rotatable bonds is 8. The molecular weight excluding hydrogens is 398 g/mol. The molecule has 8 nitrogen and oxygen atoms in total. The van der Waals surface area contributed by atoms with E-state index in [1.165, 1.54) is 4.90 Å². The van der Waals surface area contributed by atoms with E-state index in [1.807, 2.05) is 30.3 Å². The van der Waals surface area contributed by atoms with Gasteiger partial charge in [0, 0.05) is 31.4 Å². The molecule has 8 heteroatoms. The number of carboxylic acids is 1. The third kappa shape index (κ3) is 5.63. The molecule has 0 aromatic heterocycles. The molecule has 3 rings (SSSR count). The van der Waals surface area contributed by atoms with Gasteiger partial charge in [0.2, 0.25) is 0 Å². The quantitative estimate of drug-likeness (QED) is 0.679. The van der Waals surface area contributed by atoms with Gasteiger partial charge in [-0.3, -0.25) is 4.79 Å². The molecule has 3 amide bonds. The van der Waals surface area contributed by atoms with Crippen molar-refractivity contribution in [3.8, 4) is 11.5 Å². The summed E-state index contributed by atoms with van der Waals surface area (Å²) in [6.07, 6.45) is 0.525. The number of ether oxygens (including phenoxy) is 1. The Labute approximate surface area is 180 Å². The molecule has 1 aliphatic heterocycles. The first-order valence-corrected chi connectivity index (χ1v) is 9.92. The summed E-state index contributed by atoms with van der Waals surface area (Å²) < 4.78 is 5.73. The SMILES string of the molecule is CC1=C(C(=O)O)CN(CCCN(C)C(=O)c2ccc(Oc3ccccc3)cc2)C(=O)N1. The topological polar surface area (TPSA) is 99.2 Å². The van der Waals surface area contributed by atoms with Crippen LogP contribution in [0.1, 0.15) is 23.7 Å². The van der Waals surface area contributed by atoms with Gasteiger partial charge in [-0.25, -0.2) is 9.59 Å². The van der Waals surface area contributed by atoms with Crippen LogP contribution < -0.4 is 10.1 Å². The van der Waals surface area contributed by atoms with Gasteiger partial charge in [0.25, 0.3) is 5.91 Å². The van der Waals surface area contributed by atoms with Gasteiger partial charge in [-0.15, -0.1) is 0 Å². The number of nitrogens with zero attached hydrogens (tertiary/aromatic N) is 2. The van der Waals surface area contributed by atoms with Crippen molar-refractivity contribution in [3.05, 3.63) is 71.4 Å². The number of allylic oxidation sites excluding steroid dienone is 1. The van der Waals surface area contributed by atoms with Crippen molar-refractivity contribution in [2.24, 2.45) is 0 Å². The molecule has 0 bridgehead atoms. The lowest BCUT2D eigenvalue weighted by Gasteiger charge is -2.29. The molecule has 1 aliphatic rings. The summed E-state index contributed by atoms with van der Waals surface area (Å²) in [4.78, 5) is 39.0. The highest BCUT2D eigenvalue weighted by Crippen LogP contribution is 2.21. The first-order chi connectivity index (χ1) is 14.8. The molecule has 0 spiro atoms. The fourth-order valence-corrected chi connectivity index (χ4v) is 3.22. The van der Waals surface area contributed by atoms with Crippen LogP contribution in [0.3, 0.4) is 0 Å². The van der Waals surface area contributed by atoms with Crippen LogP contribution in [-0.2, 0) is 4.79 Å². The fraction of sp³-hybridized carbons (Fsp3) is 0.261. The number of carboxylic acid groups (broad SMARTS) is 1. The van der Waals surface area contributed by atoms with Crippen LogP contribution >= 0.6 is 0 Å². The van der Waals surface area contributed by atoms with E-state index < -0.39 is 5.97 Å². The normalized spacial score (nSPS) is 13.6. The van der Waals surface area contributed by atoms with Gasteiger partial charge in [-0.1, -0.05) is 18.2 Å². The summed E-state index contributed by atoms with van der Waals surface area (Å²) in [7, 11) is 1.69. The summed E-state index contributed by atoms with van der Waals surface area (Å²) in [5.74, 6) is 0.168. The first-order valence-electron chi connectivity index (χ1n) is 9.92. The molecular formula is C23H25N3O5. The molecule has 0 atom stereocenters. The maximum atomic E-state index is 12.7. The molecule has 2 aromatic rings. The first kappa shape index (κ1) is 21.9. The van der Waals surface area contributed by atoms with E-state index in [1.54, 1.807) is 43.1 Å². The van der Waals surface area contributed by atoms with Crippen molar-refractivity contribution in [2.45, 2.75) is 13.3 Å². The molecule has 0 saturated carbocycles. The fourth-order valence-electron chi connectivity index (χ4n) is 3.22. The van der Waals surface area contributed by atoms with Gasteiger partial charge < -0.3 is 25.0 Å². The van der Waals surface area contributed by atoms with Crippen LogP contribution in [-0.4, -0.2) is 59.5 Å². The van der Waals surface area contributed by atoms with E-state index >= 15 is 0 Å². The molecule has 0 radical (unpaired) electrons. The van der Waals surface area contributed by atoms with Gasteiger partial charge in [-0.05, 0) is 49.7 Å². The number of carbonyl (C=O) groups is 3. The highest BCUT2D eigenvalue weighted by atomic mass is 16.5. The summed E-state index contributed by atoms with van der Waals surface area (Å²) >= 11 is 0. The molecule has 2 aromatic carbocycles.